The largest absolute Gasteiger partial charge is 0.498 e. The molecule has 0 spiro atoms. The van der Waals surface area contributed by atoms with Crippen LogP contribution in [-0.4, -0.2) is 37.5 Å². The molecule has 3 rings (SSSR count). The summed E-state index contributed by atoms with van der Waals surface area (Å²) in [6.45, 7) is 8.06. The van der Waals surface area contributed by atoms with Crippen LogP contribution < -0.4 is 20.3 Å². The van der Waals surface area contributed by atoms with Crippen LogP contribution in [0.5, 0.6) is 11.5 Å². The molecule has 0 aliphatic carbocycles. The molecule has 0 atom stereocenters. The quantitative estimate of drug-likeness (QED) is 0.768. The third-order valence-corrected chi connectivity index (χ3v) is 5.37. The van der Waals surface area contributed by atoms with Crippen LogP contribution in [0.4, 0.5) is 10.2 Å². The Morgan fingerprint density at radius 1 is 1.07 bits per heavy atom. The van der Waals surface area contributed by atoms with Crippen molar-refractivity contribution in [2.45, 2.75) is 45.4 Å². The first-order valence-corrected chi connectivity index (χ1v) is 9.13. The van der Waals surface area contributed by atoms with Gasteiger partial charge in [0.1, 0.15) is 11.5 Å². The predicted molar refractivity (Wildman–Crippen MR) is 107 cm³/mol. The number of ether oxygens (including phenoxy) is 2. The van der Waals surface area contributed by atoms with Gasteiger partial charge in [-0.15, -0.1) is 0 Å². The van der Waals surface area contributed by atoms with E-state index in [-0.39, 0.29) is 5.82 Å². The lowest BCUT2D eigenvalue weighted by atomic mass is 9.79. The van der Waals surface area contributed by atoms with E-state index >= 15 is 4.39 Å². The number of pyridine rings is 1. The Morgan fingerprint density at radius 3 is 2.36 bits per heavy atom. The van der Waals surface area contributed by atoms with Gasteiger partial charge in [0, 0.05) is 29.8 Å². The summed E-state index contributed by atoms with van der Waals surface area (Å²) < 4.78 is 37.6. The molecule has 1 aliphatic rings. The summed E-state index contributed by atoms with van der Waals surface area (Å²) in [5, 5.41) is 3.03. The molecule has 150 valence electrons. The first-order valence-electron chi connectivity index (χ1n) is 9.13. The second-order valence-electron chi connectivity index (χ2n) is 7.68. The molecule has 2 aromatic rings. The molecule has 1 aromatic carbocycles. The van der Waals surface area contributed by atoms with Crippen molar-refractivity contribution in [1.29, 1.82) is 0 Å². The topological polar surface area (TPSA) is 61.8 Å². The van der Waals surface area contributed by atoms with Crippen LogP contribution in [0, 0.1) is 5.82 Å². The van der Waals surface area contributed by atoms with Gasteiger partial charge in [-0.3, -0.25) is 0 Å². The second kappa shape index (κ2) is 7.60. The molecule has 0 saturated carbocycles. The molecule has 0 radical (unpaired) electrons. The van der Waals surface area contributed by atoms with Gasteiger partial charge in [0.2, 0.25) is 0 Å². The van der Waals surface area contributed by atoms with Crippen molar-refractivity contribution in [3.63, 3.8) is 0 Å². The highest BCUT2D eigenvalue weighted by Gasteiger charge is 2.52. The van der Waals surface area contributed by atoms with Crippen molar-refractivity contribution >= 4 is 18.4 Å². The number of halogens is 1. The highest BCUT2D eigenvalue weighted by molar-refractivity contribution is 6.62. The predicted octanol–water partition coefficient (Wildman–Crippen LogP) is 3.15. The Hall–Kier alpha value is -2.32. The number of rotatable bonds is 6. The number of aromatic nitrogens is 1. The standard InChI is InChI=1S/C20H26BFN2O4/c1-19(2)20(3,4)28-21(27-19)15-9-10-23-18(17(15)22)24-12-13-7-8-14(25-5)11-16(13)26-6/h7-11H,12H2,1-6H3,(H,23,24). The Kier molecular flexibility index (Phi) is 5.54. The van der Waals surface area contributed by atoms with Crippen LogP contribution in [0.15, 0.2) is 30.5 Å². The number of hydrogen-bond acceptors (Lipinski definition) is 6. The lowest BCUT2D eigenvalue weighted by Gasteiger charge is -2.32. The van der Waals surface area contributed by atoms with Gasteiger partial charge in [-0.05, 0) is 45.9 Å². The van der Waals surface area contributed by atoms with Gasteiger partial charge in [0.05, 0.1) is 25.4 Å². The Labute approximate surface area is 165 Å². The first-order chi connectivity index (χ1) is 13.2. The lowest BCUT2D eigenvalue weighted by molar-refractivity contribution is 0.00578. The summed E-state index contributed by atoms with van der Waals surface area (Å²) in [5.41, 5.74) is 0.0814. The van der Waals surface area contributed by atoms with E-state index in [0.29, 0.717) is 23.5 Å². The summed E-state index contributed by atoms with van der Waals surface area (Å²) in [7, 11) is 2.38. The summed E-state index contributed by atoms with van der Waals surface area (Å²) >= 11 is 0. The van der Waals surface area contributed by atoms with Crippen LogP contribution >= 0.6 is 0 Å². The van der Waals surface area contributed by atoms with Crippen LogP contribution in [0.3, 0.4) is 0 Å². The molecular weight excluding hydrogens is 362 g/mol. The van der Waals surface area contributed by atoms with Gasteiger partial charge in [-0.2, -0.15) is 0 Å². The van der Waals surface area contributed by atoms with Crippen molar-refractivity contribution in [3.05, 3.63) is 41.8 Å². The Morgan fingerprint density at radius 2 is 1.75 bits per heavy atom. The average Bonchev–Trinajstić information content (AvgIpc) is 2.87. The van der Waals surface area contributed by atoms with E-state index in [9.17, 15) is 0 Å². The number of hydrogen-bond donors (Lipinski definition) is 1. The second-order valence-corrected chi connectivity index (χ2v) is 7.68. The minimum atomic E-state index is -0.788. The molecule has 6 nitrogen and oxygen atoms in total. The monoisotopic (exact) mass is 388 g/mol. The third kappa shape index (κ3) is 3.79. The van der Waals surface area contributed by atoms with Crippen LogP contribution in [0.2, 0.25) is 0 Å². The highest BCUT2D eigenvalue weighted by atomic mass is 19.1. The number of methoxy groups -OCH3 is 2. The molecule has 0 amide bonds. The Bertz CT molecular complexity index is 844. The minimum absolute atomic E-state index is 0.130. The van der Waals surface area contributed by atoms with Gasteiger partial charge < -0.3 is 24.1 Å². The number of nitrogens with one attached hydrogen (secondary N) is 1. The summed E-state index contributed by atoms with van der Waals surface area (Å²) in [5.74, 6) is 0.973. The first kappa shape index (κ1) is 20.4. The number of anilines is 1. The molecule has 0 bridgehead atoms. The molecular formula is C20H26BFN2O4. The van der Waals surface area contributed by atoms with Gasteiger partial charge in [0.25, 0.3) is 0 Å². The molecule has 28 heavy (non-hydrogen) atoms. The zero-order valence-corrected chi connectivity index (χ0v) is 17.1. The van der Waals surface area contributed by atoms with Gasteiger partial charge >= 0.3 is 7.12 Å². The van der Waals surface area contributed by atoms with Gasteiger partial charge in [-0.25, -0.2) is 9.37 Å². The number of nitrogens with zero attached hydrogens (tertiary/aromatic N) is 1. The number of benzene rings is 1. The molecule has 2 heterocycles. The van der Waals surface area contributed by atoms with Crippen molar-refractivity contribution in [2.75, 3.05) is 19.5 Å². The van der Waals surface area contributed by atoms with E-state index in [4.69, 9.17) is 18.8 Å². The normalized spacial score (nSPS) is 17.5. The zero-order valence-electron chi connectivity index (χ0n) is 17.1. The minimum Gasteiger partial charge on any atom is -0.497 e. The lowest BCUT2D eigenvalue weighted by Crippen LogP contribution is -2.41. The van der Waals surface area contributed by atoms with Gasteiger partial charge in [0.15, 0.2) is 11.6 Å². The molecule has 8 heteroatoms. The molecule has 1 fully saturated rings. The van der Waals surface area contributed by atoms with Crippen LogP contribution in [-0.2, 0) is 15.9 Å². The van der Waals surface area contributed by atoms with Crippen molar-refractivity contribution in [2.24, 2.45) is 0 Å². The molecule has 1 aromatic heterocycles. The third-order valence-electron chi connectivity index (χ3n) is 5.37. The molecule has 1 saturated heterocycles. The average molecular weight is 388 g/mol. The summed E-state index contributed by atoms with van der Waals surface area (Å²) in [6.07, 6.45) is 1.54. The van der Waals surface area contributed by atoms with E-state index in [2.05, 4.69) is 10.3 Å². The SMILES string of the molecule is COc1ccc(CNc2nccc(B3OC(C)(C)C(C)(C)O3)c2F)c(OC)c1. The maximum Gasteiger partial charge on any atom is 0.498 e. The smallest absolute Gasteiger partial charge is 0.497 e. The molecule has 0 unspecified atom stereocenters. The van der Waals surface area contributed by atoms with Crippen molar-refractivity contribution in [1.82, 2.24) is 4.98 Å². The maximum atomic E-state index is 15.1. The molecule has 1 N–H and O–H groups in total. The fourth-order valence-corrected chi connectivity index (χ4v) is 2.91. The highest BCUT2D eigenvalue weighted by Crippen LogP contribution is 2.36. The fraction of sp³-hybridized carbons (Fsp3) is 0.450. The van der Waals surface area contributed by atoms with Gasteiger partial charge in [-0.1, -0.05) is 0 Å². The summed E-state index contributed by atoms with van der Waals surface area (Å²) in [6, 6.07) is 7.04. The fourth-order valence-electron chi connectivity index (χ4n) is 2.91. The van der Waals surface area contributed by atoms with E-state index in [0.717, 1.165) is 5.56 Å². The van der Waals surface area contributed by atoms with E-state index < -0.39 is 24.1 Å². The maximum absolute atomic E-state index is 15.1. The van der Waals surface area contributed by atoms with Crippen molar-refractivity contribution in [3.8, 4) is 11.5 Å². The Balaban J connectivity index is 1.79. The molecule has 1 aliphatic heterocycles. The van der Waals surface area contributed by atoms with Crippen LogP contribution in [0.25, 0.3) is 0 Å². The van der Waals surface area contributed by atoms with Crippen LogP contribution in [0.1, 0.15) is 33.3 Å². The van der Waals surface area contributed by atoms with Crippen molar-refractivity contribution < 1.29 is 23.2 Å². The van der Waals surface area contributed by atoms with E-state index in [1.807, 2.05) is 39.8 Å². The van der Waals surface area contributed by atoms with E-state index in [1.54, 1.807) is 26.4 Å². The van der Waals surface area contributed by atoms with E-state index in [1.165, 1.54) is 6.20 Å². The summed E-state index contributed by atoms with van der Waals surface area (Å²) in [4.78, 5) is 4.12. The zero-order chi connectivity index (χ0) is 20.5.